The number of aliphatic hydroxyl groups excluding tert-OH is 1. The van der Waals surface area contributed by atoms with Crippen LogP contribution in [0.1, 0.15) is 27.4 Å². The zero-order chi connectivity index (χ0) is 15.2. The highest BCUT2D eigenvalue weighted by molar-refractivity contribution is 5.94. The van der Waals surface area contributed by atoms with Crippen molar-refractivity contribution < 1.29 is 14.3 Å². The van der Waals surface area contributed by atoms with Crippen LogP contribution in [0, 0.1) is 18.8 Å². The lowest BCUT2D eigenvalue weighted by Gasteiger charge is -2.15. The maximum Gasteiger partial charge on any atom is 0.255 e. The van der Waals surface area contributed by atoms with Gasteiger partial charge >= 0.3 is 0 Å². The normalized spacial score (nSPS) is 9.86. The van der Waals surface area contributed by atoms with E-state index in [1.807, 2.05) is 19.1 Å². The molecule has 108 valence electrons. The molecular weight excluding hydrogens is 268 g/mol. The molecule has 0 aliphatic heterocycles. The topological polar surface area (TPSA) is 66.6 Å². The molecule has 2 aromatic heterocycles. The molecule has 0 spiro atoms. The van der Waals surface area contributed by atoms with Crippen LogP contribution in [0.25, 0.3) is 0 Å². The molecule has 0 aromatic carbocycles. The van der Waals surface area contributed by atoms with Gasteiger partial charge in [0.25, 0.3) is 5.91 Å². The summed E-state index contributed by atoms with van der Waals surface area (Å²) < 4.78 is 5.46. The quantitative estimate of drug-likeness (QED) is 0.869. The molecule has 0 aliphatic carbocycles. The number of amides is 1. The summed E-state index contributed by atoms with van der Waals surface area (Å²) in [5.41, 5.74) is 1.04. The van der Waals surface area contributed by atoms with Gasteiger partial charge in [-0.25, -0.2) is 0 Å². The van der Waals surface area contributed by atoms with Crippen LogP contribution in [0.15, 0.2) is 35.0 Å². The highest BCUT2D eigenvalue weighted by atomic mass is 16.3. The van der Waals surface area contributed by atoms with Gasteiger partial charge in [-0.1, -0.05) is 11.8 Å². The Bertz CT molecular complexity index is 695. The molecule has 1 amide bonds. The third kappa shape index (κ3) is 3.94. The van der Waals surface area contributed by atoms with Gasteiger partial charge in [-0.3, -0.25) is 9.78 Å². The molecule has 0 bridgehead atoms. The Kier molecular flexibility index (Phi) is 4.75. The maximum absolute atomic E-state index is 12.3. The SMILES string of the molecule is Cc1ccc(CN(C)C(=O)c2cncc(C#CCO)c2)o1. The lowest BCUT2D eigenvalue weighted by Crippen LogP contribution is -2.26. The summed E-state index contributed by atoms with van der Waals surface area (Å²) in [5, 5.41) is 8.68. The van der Waals surface area contributed by atoms with Crippen molar-refractivity contribution in [3.63, 3.8) is 0 Å². The van der Waals surface area contributed by atoms with Crippen LogP contribution in [0.2, 0.25) is 0 Å². The van der Waals surface area contributed by atoms with E-state index in [0.29, 0.717) is 17.7 Å². The number of furan rings is 1. The fourth-order valence-corrected chi connectivity index (χ4v) is 1.86. The second-order valence-electron chi connectivity index (χ2n) is 4.60. The minimum atomic E-state index is -0.226. The molecule has 5 nitrogen and oxygen atoms in total. The number of carbonyl (C=O) groups is 1. The number of rotatable bonds is 3. The van der Waals surface area contributed by atoms with Gasteiger partial charge < -0.3 is 14.4 Å². The van der Waals surface area contributed by atoms with Gasteiger partial charge in [-0.15, -0.1) is 0 Å². The molecule has 2 heterocycles. The number of aromatic nitrogens is 1. The van der Waals surface area contributed by atoms with Crippen LogP contribution < -0.4 is 0 Å². The predicted octanol–water partition coefficient (Wildman–Crippen LogP) is 1.60. The van der Waals surface area contributed by atoms with Crippen LogP contribution in [0.4, 0.5) is 0 Å². The summed E-state index contributed by atoms with van der Waals surface area (Å²) >= 11 is 0. The minimum absolute atomic E-state index is 0.163. The Morgan fingerprint density at radius 2 is 2.24 bits per heavy atom. The van der Waals surface area contributed by atoms with Crippen LogP contribution in [-0.4, -0.2) is 34.6 Å². The number of carbonyl (C=O) groups excluding carboxylic acids is 1. The van der Waals surface area contributed by atoms with Crippen molar-refractivity contribution in [3.8, 4) is 11.8 Å². The van der Waals surface area contributed by atoms with E-state index < -0.39 is 0 Å². The average Bonchev–Trinajstić information content (AvgIpc) is 2.89. The Hall–Kier alpha value is -2.58. The molecule has 0 saturated carbocycles. The second kappa shape index (κ2) is 6.73. The van der Waals surface area contributed by atoms with Crippen molar-refractivity contribution in [2.24, 2.45) is 0 Å². The number of pyridine rings is 1. The smallest absolute Gasteiger partial charge is 0.255 e. The van der Waals surface area contributed by atoms with E-state index in [1.165, 1.54) is 6.20 Å². The molecule has 0 saturated heterocycles. The van der Waals surface area contributed by atoms with Gasteiger partial charge in [0.05, 0.1) is 12.1 Å². The summed E-state index contributed by atoms with van der Waals surface area (Å²) in [6.07, 6.45) is 3.05. The largest absolute Gasteiger partial charge is 0.464 e. The Morgan fingerprint density at radius 1 is 1.43 bits per heavy atom. The predicted molar refractivity (Wildman–Crippen MR) is 77.4 cm³/mol. The van der Waals surface area contributed by atoms with E-state index in [-0.39, 0.29) is 12.5 Å². The van der Waals surface area contributed by atoms with E-state index in [9.17, 15) is 4.79 Å². The van der Waals surface area contributed by atoms with Gasteiger partial charge in [0, 0.05) is 25.0 Å². The molecule has 0 atom stereocenters. The van der Waals surface area contributed by atoms with Gasteiger partial charge in [0.15, 0.2) is 0 Å². The van der Waals surface area contributed by atoms with E-state index >= 15 is 0 Å². The van der Waals surface area contributed by atoms with E-state index in [4.69, 9.17) is 9.52 Å². The third-order valence-corrected chi connectivity index (χ3v) is 2.83. The highest BCUT2D eigenvalue weighted by Crippen LogP contribution is 2.11. The zero-order valence-corrected chi connectivity index (χ0v) is 12.0. The molecule has 2 aromatic rings. The number of hydrogen-bond donors (Lipinski definition) is 1. The number of nitrogens with zero attached hydrogens (tertiary/aromatic N) is 2. The fraction of sp³-hybridized carbons (Fsp3) is 0.250. The van der Waals surface area contributed by atoms with Crippen molar-refractivity contribution >= 4 is 5.91 Å². The molecular formula is C16H16N2O3. The van der Waals surface area contributed by atoms with Crippen LogP contribution in [-0.2, 0) is 6.54 Å². The molecule has 5 heteroatoms. The Morgan fingerprint density at radius 3 is 2.90 bits per heavy atom. The van der Waals surface area contributed by atoms with Gasteiger partial charge in [0.1, 0.15) is 18.1 Å². The van der Waals surface area contributed by atoms with Crippen molar-refractivity contribution in [2.75, 3.05) is 13.7 Å². The molecule has 0 fully saturated rings. The summed E-state index contributed by atoms with van der Waals surface area (Å²) in [5.74, 6) is 6.64. The fourth-order valence-electron chi connectivity index (χ4n) is 1.86. The number of hydrogen-bond acceptors (Lipinski definition) is 4. The van der Waals surface area contributed by atoms with Crippen LogP contribution >= 0.6 is 0 Å². The summed E-state index contributed by atoms with van der Waals surface area (Å²) in [4.78, 5) is 17.9. The Balaban J connectivity index is 2.11. The lowest BCUT2D eigenvalue weighted by atomic mass is 10.2. The first kappa shape index (κ1) is 14.8. The van der Waals surface area contributed by atoms with Crippen LogP contribution in [0.3, 0.4) is 0 Å². The zero-order valence-electron chi connectivity index (χ0n) is 12.0. The Labute approximate surface area is 123 Å². The minimum Gasteiger partial charge on any atom is -0.464 e. The van der Waals surface area contributed by atoms with Crippen molar-refractivity contribution in [2.45, 2.75) is 13.5 Å². The van der Waals surface area contributed by atoms with E-state index in [2.05, 4.69) is 16.8 Å². The molecule has 0 aliphatic rings. The number of aryl methyl sites for hydroxylation is 1. The summed E-state index contributed by atoms with van der Waals surface area (Å²) in [6.45, 7) is 2.02. The maximum atomic E-state index is 12.3. The van der Waals surface area contributed by atoms with Crippen molar-refractivity contribution in [1.29, 1.82) is 0 Å². The second-order valence-corrected chi connectivity index (χ2v) is 4.60. The van der Waals surface area contributed by atoms with E-state index in [1.54, 1.807) is 24.2 Å². The van der Waals surface area contributed by atoms with Gasteiger partial charge in [-0.2, -0.15) is 0 Å². The van der Waals surface area contributed by atoms with Crippen molar-refractivity contribution in [1.82, 2.24) is 9.88 Å². The average molecular weight is 284 g/mol. The molecule has 0 unspecified atom stereocenters. The first-order valence-electron chi connectivity index (χ1n) is 6.45. The molecule has 21 heavy (non-hydrogen) atoms. The molecule has 2 rings (SSSR count). The first-order chi connectivity index (χ1) is 10.1. The molecule has 0 radical (unpaired) electrons. The molecule has 1 N–H and O–H groups in total. The van der Waals surface area contributed by atoms with Gasteiger partial charge in [0.2, 0.25) is 0 Å². The third-order valence-electron chi connectivity index (χ3n) is 2.83. The van der Waals surface area contributed by atoms with Gasteiger partial charge in [-0.05, 0) is 25.1 Å². The van der Waals surface area contributed by atoms with Crippen LogP contribution in [0.5, 0.6) is 0 Å². The standard InChI is InChI=1S/C16H16N2O3/c1-12-5-6-15(21-12)11-18(2)16(20)14-8-13(4-3-7-19)9-17-10-14/h5-6,8-10,19H,7,11H2,1-2H3. The lowest BCUT2D eigenvalue weighted by molar-refractivity contribution is 0.0774. The van der Waals surface area contributed by atoms with Crippen molar-refractivity contribution in [3.05, 3.63) is 53.2 Å². The number of aliphatic hydroxyl groups is 1. The highest BCUT2D eigenvalue weighted by Gasteiger charge is 2.14. The summed E-state index contributed by atoms with van der Waals surface area (Å²) in [7, 11) is 1.70. The monoisotopic (exact) mass is 284 g/mol. The summed E-state index contributed by atoms with van der Waals surface area (Å²) in [6, 6.07) is 5.36. The first-order valence-corrected chi connectivity index (χ1v) is 6.45. The van der Waals surface area contributed by atoms with E-state index in [0.717, 1.165) is 11.5 Å².